The van der Waals surface area contributed by atoms with Gasteiger partial charge >= 0.3 is 0 Å². The van der Waals surface area contributed by atoms with Crippen LogP contribution in [0.1, 0.15) is 39.2 Å². The fourth-order valence-electron chi connectivity index (χ4n) is 3.94. The Morgan fingerprint density at radius 1 is 0.714 bits per heavy atom. The molecular formula is C27H27N. The van der Waals surface area contributed by atoms with Gasteiger partial charge in [0.15, 0.2) is 0 Å². The van der Waals surface area contributed by atoms with Crippen LogP contribution in [0, 0.1) is 0 Å². The molecule has 0 unspecified atom stereocenters. The van der Waals surface area contributed by atoms with Gasteiger partial charge in [0, 0.05) is 10.9 Å². The third kappa shape index (κ3) is 3.33. The highest BCUT2D eigenvalue weighted by Gasteiger charge is 2.26. The van der Waals surface area contributed by atoms with E-state index in [-0.39, 0.29) is 5.41 Å². The van der Waals surface area contributed by atoms with Crippen molar-refractivity contribution >= 4 is 10.9 Å². The van der Waals surface area contributed by atoms with E-state index in [2.05, 4.69) is 106 Å². The van der Waals surface area contributed by atoms with E-state index in [1.54, 1.807) is 0 Å². The second-order valence-electron chi connectivity index (χ2n) is 7.78. The van der Waals surface area contributed by atoms with Crippen molar-refractivity contribution in [2.75, 3.05) is 0 Å². The van der Waals surface area contributed by atoms with E-state index in [4.69, 9.17) is 4.98 Å². The summed E-state index contributed by atoms with van der Waals surface area (Å²) in [6, 6.07) is 30.2. The van der Waals surface area contributed by atoms with Gasteiger partial charge in [-0.2, -0.15) is 0 Å². The molecule has 0 saturated carbocycles. The molecule has 3 aromatic carbocycles. The molecule has 0 bridgehead atoms. The van der Waals surface area contributed by atoms with Gasteiger partial charge in [0.25, 0.3) is 0 Å². The first-order valence-electron chi connectivity index (χ1n) is 10.2. The van der Waals surface area contributed by atoms with Crippen LogP contribution in [0.5, 0.6) is 0 Å². The van der Waals surface area contributed by atoms with Gasteiger partial charge in [-0.1, -0.05) is 87.5 Å². The van der Waals surface area contributed by atoms with E-state index >= 15 is 0 Å². The van der Waals surface area contributed by atoms with Gasteiger partial charge in [0.2, 0.25) is 0 Å². The Hall–Kier alpha value is -2.93. The first-order valence-corrected chi connectivity index (χ1v) is 10.2. The van der Waals surface area contributed by atoms with Gasteiger partial charge in [-0.05, 0) is 53.1 Å². The summed E-state index contributed by atoms with van der Waals surface area (Å²) in [6.07, 6.45) is 2.21. The molecule has 1 aromatic heterocycles. The minimum Gasteiger partial charge on any atom is -0.248 e. The minimum absolute atomic E-state index is 0.137. The van der Waals surface area contributed by atoms with Crippen LogP contribution in [0.25, 0.3) is 33.3 Å². The monoisotopic (exact) mass is 365 g/mol. The molecule has 1 nitrogen and oxygen atoms in total. The van der Waals surface area contributed by atoms with Crippen molar-refractivity contribution in [1.29, 1.82) is 0 Å². The molecule has 0 saturated heterocycles. The van der Waals surface area contributed by atoms with Gasteiger partial charge in [-0.15, -0.1) is 0 Å². The van der Waals surface area contributed by atoms with E-state index in [1.807, 2.05) is 0 Å². The topological polar surface area (TPSA) is 12.9 Å². The van der Waals surface area contributed by atoms with Crippen molar-refractivity contribution in [1.82, 2.24) is 4.98 Å². The molecular weight excluding hydrogens is 338 g/mol. The quantitative estimate of drug-likeness (QED) is 0.354. The summed E-state index contributed by atoms with van der Waals surface area (Å²) in [5.41, 5.74) is 7.36. The summed E-state index contributed by atoms with van der Waals surface area (Å²) in [4.78, 5) is 5.02. The van der Waals surface area contributed by atoms with Gasteiger partial charge in [0.05, 0.1) is 11.2 Å². The highest BCUT2D eigenvalue weighted by atomic mass is 14.7. The van der Waals surface area contributed by atoms with E-state index in [9.17, 15) is 0 Å². The second kappa shape index (κ2) is 7.59. The number of para-hydroxylation sites is 1. The summed E-state index contributed by atoms with van der Waals surface area (Å²) in [7, 11) is 0. The number of fused-ring (bicyclic) bond motifs is 1. The van der Waals surface area contributed by atoms with Crippen LogP contribution in [-0.2, 0) is 5.41 Å². The Balaban J connectivity index is 1.95. The molecule has 0 aliphatic heterocycles. The number of rotatable bonds is 5. The number of nitrogens with zero attached hydrogens (tertiary/aromatic N) is 1. The molecule has 0 fully saturated rings. The number of aromatic nitrogens is 1. The Labute approximate surface area is 168 Å². The summed E-state index contributed by atoms with van der Waals surface area (Å²) in [5.74, 6) is 0. The summed E-state index contributed by atoms with van der Waals surface area (Å²) in [6.45, 7) is 6.94. The zero-order valence-corrected chi connectivity index (χ0v) is 16.9. The van der Waals surface area contributed by atoms with E-state index in [0.717, 1.165) is 24.1 Å². The third-order valence-electron chi connectivity index (χ3n) is 6.21. The molecule has 1 heterocycles. The van der Waals surface area contributed by atoms with Crippen molar-refractivity contribution in [2.24, 2.45) is 0 Å². The number of benzene rings is 3. The Bertz CT molecular complexity index is 1090. The molecule has 28 heavy (non-hydrogen) atoms. The van der Waals surface area contributed by atoms with Crippen molar-refractivity contribution in [3.8, 4) is 22.4 Å². The molecule has 4 aromatic rings. The molecule has 0 aliphatic rings. The lowest BCUT2D eigenvalue weighted by molar-refractivity contribution is 0.440. The Morgan fingerprint density at radius 2 is 1.43 bits per heavy atom. The van der Waals surface area contributed by atoms with Gasteiger partial charge in [-0.3, -0.25) is 0 Å². The van der Waals surface area contributed by atoms with Crippen molar-refractivity contribution in [2.45, 2.75) is 39.0 Å². The average molecular weight is 366 g/mol. The highest BCUT2D eigenvalue weighted by molar-refractivity contribution is 5.83. The lowest BCUT2D eigenvalue weighted by Crippen LogP contribution is -2.20. The highest BCUT2D eigenvalue weighted by Crippen LogP contribution is 2.39. The van der Waals surface area contributed by atoms with Crippen LogP contribution in [0.2, 0.25) is 0 Å². The van der Waals surface area contributed by atoms with Crippen LogP contribution in [0.4, 0.5) is 0 Å². The summed E-state index contributed by atoms with van der Waals surface area (Å²) >= 11 is 0. The molecule has 0 amide bonds. The standard InChI is InChI=1S/C27H27N/c1-4-27(3,5-2)24-17-15-22(20-11-7-6-8-12-20)19-23(24)26-18-16-21-13-9-10-14-25(21)28-26/h6-19H,4-5H2,1-3H3. The zero-order valence-electron chi connectivity index (χ0n) is 16.9. The summed E-state index contributed by atoms with van der Waals surface area (Å²) < 4.78 is 0. The van der Waals surface area contributed by atoms with Gasteiger partial charge in [-0.25, -0.2) is 4.98 Å². The SMILES string of the molecule is CCC(C)(CC)c1ccc(-c2ccccc2)cc1-c1ccc2ccccc2n1. The molecule has 0 atom stereocenters. The smallest absolute Gasteiger partial charge is 0.0712 e. The minimum atomic E-state index is 0.137. The fraction of sp³-hybridized carbons (Fsp3) is 0.222. The first-order chi connectivity index (χ1) is 13.6. The Morgan fingerprint density at radius 3 is 2.18 bits per heavy atom. The van der Waals surface area contributed by atoms with Crippen LogP contribution >= 0.6 is 0 Å². The maximum absolute atomic E-state index is 5.02. The van der Waals surface area contributed by atoms with E-state index < -0.39 is 0 Å². The first kappa shape index (κ1) is 18.4. The normalized spacial score (nSPS) is 11.7. The molecule has 0 aliphatic carbocycles. The zero-order chi connectivity index (χ0) is 19.6. The number of hydrogen-bond donors (Lipinski definition) is 0. The largest absolute Gasteiger partial charge is 0.248 e. The molecule has 1 heteroatoms. The average Bonchev–Trinajstić information content (AvgIpc) is 2.78. The maximum Gasteiger partial charge on any atom is 0.0712 e. The van der Waals surface area contributed by atoms with Gasteiger partial charge < -0.3 is 0 Å². The van der Waals surface area contributed by atoms with Crippen LogP contribution in [-0.4, -0.2) is 4.98 Å². The van der Waals surface area contributed by atoms with E-state index in [1.165, 1.54) is 27.6 Å². The second-order valence-corrected chi connectivity index (χ2v) is 7.78. The maximum atomic E-state index is 5.02. The summed E-state index contributed by atoms with van der Waals surface area (Å²) in [5, 5.41) is 1.18. The van der Waals surface area contributed by atoms with Crippen LogP contribution < -0.4 is 0 Å². The third-order valence-corrected chi connectivity index (χ3v) is 6.21. The number of pyridine rings is 1. The predicted octanol–water partition coefficient (Wildman–Crippen LogP) is 7.65. The molecule has 140 valence electrons. The number of hydrogen-bond acceptors (Lipinski definition) is 1. The van der Waals surface area contributed by atoms with Crippen LogP contribution in [0.15, 0.2) is 84.9 Å². The fourth-order valence-corrected chi connectivity index (χ4v) is 3.94. The lowest BCUT2D eigenvalue weighted by Gasteiger charge is -2.30. The Kier molecular flexibility index (Phi) is 5.00. The van der Waals surface area contributed by atoms with Crippen molar-refractivity contribution < 1.29 is 0 Å². The van der Waals surface area contributed by atoms with Gasteiger partial charge in [0.1, 0.15) is 0 Å². The molecule has 4 rings (SSSR count). The molecule has 0 spiro atoms. The molecule has 0 N–H and O–H groups in total. The lowest BCUT2D eigenvalue weighted by atomic mass is 9.74. The molecule has 0 radical (unpaired) electrons. The predicted molar refractivity (Wildman–Crippen MR) is 121 cm³/mol. The van der Waals surface area contributed by atoms with Crippen LogP contribution in [0.3, 0.4) is 0 Å². The van der Waals surface area contributed by atoms with Crippen molar-refractivity contribution in [3.05, 3.63) is 90.5 Å². The van der Waals surface area contributed by atoms with Crippen molar-refractivity contribution in [3.63, 3.8) is 0 Å². The van der Waals surface area contributed by atoms with E-state index in [0.29, 0.717) is 0 Å².